The van der Waals surface area contributed by atoms with Gasteiger partial charge >= 0.3 is 0 Å². The Labute approximate surface area is 105 Å². The molecular formula is C13H15NO4. The zero-order valence-corrected chi connectivity index (χ0v) is 9.91. The summed E-state index contributed by atoms with van der Waals surface area (Å²) in [4.78, 5) is 10.2. The molecule has 0 aromatic heterocycles. The molecule has 0 spiro atoms. The van der Waals surface area contributed by atoms with Gasteiger partial charge in [-0.1, -0.05) is 30.9 Å². The lowest BCUT2D eigenvalue weighted by Crippen LogP contribution is -2.31. The minimum atomic E-state index is -1.15. The third-order valence-electron chi connectivity index (χ3n) is 2.57. The minimum absolute atomic E-state index is 0.0608. The molecule has 0 aliphatic carbocycles. The second-order valence-electron chi connectivity index (χ2n) is 3.66. The number of non-ortho nitro benzene ring substituents is 1. The van der Waals surface area contributed by atoms with Gasteiger partial charge in [-0.05, 0) is 5.56 Å². The van der Waals surface area contributed by atoms with Crippen LogP contribution in [0.1, 0.15) is 5.56 Å². The van der Waals surface area contributed by atoms with Gasteiger partial charge in [-0.2, -0.15) is 0 Å². The highest BCUT2D eigenvalue weighted by molar-refractivity contribution is 5.39. The summed E-state index contributed by atoms with van der Waals surface area (Å²) in [6, 6.07) is 5.93. The van der Waals surface area contributed by atoms with Gasteiger partial charge in [0.1, 0.15) is 5.60 Å². The first-order valence-corrected chi connectivity index (χ1v) is 5.34. The van der Waals surface area contributed by atoms with E-state index in [4.69, 9.17) is 4.74 Å². The zero-order valence-electron chi connectivity index (χ0n) is 9.91. The van der Waals surface area contributed by atoms with Crippen LogP contribution in [-0.4, -0.2) is 23.2 Å². The average molecular weight is 249 g/mol. The Morgan fingerprint density at radius 1 is 1.50 bits per heavy atom. The number of aliphatic hydroxyl groups is 1. The first-order chi connectivity index (χ1) is 8.59. The van der Waals surface area contributed by atoms with Crippen molar-refractivity contribution >= 4 is 5.69 Å². The summed E-state index contributed by atoms with van der Waals surface area (Å²) in [5.74, 6) is 0. The SMILES string of the molecule is C=CCO[C@](C=C)(CO)c1cccc([N+](=O)[O-])c1. The molecule has 0 fully saturated rings. The normalized spacial score (nSPS) is 13.6. The predicted octanol–water partition coefficient (Wildman–Crippen LogP) is 2.17. The monoisotopic (exact) mass is 249 g/mol. The zero-order chi connectivity index (χ0) is 13.6. The van der Waals surface area contributed by atoms with Crippen molar-refractivity contribution < 1.29 is 14.8 Å². The molecule has 1 aromatic rings. The molecule has 0 saturated carbocycles. The summed E-state index contributed by atoms with van der Waals surface area (Å²) in [5.41, 5.74) is -0.731. The highest BCUT2D eigenvalue weighted by Crippen LogP contribution is 2.29. The van der Waals surface area contributed by atoms with Gasteiger partial charge in [0.05, 0.1) is 18.1 Å². The fraction of sp³-hybridized carbons (Fsp3) is 0.231. The molecule has 96 valence electrons. The number of aliphatic hydroxyl groups excluding tert-OH is 1. The fourth-order valence-corrected chi connectivity index (χ4v) is 1.55. The Kier molecular flexibility index (Phi) is 4.76. The molecule has 5 heteroatoms. The van der Waals surface area contributed by atoms with E-state index in [9.17, 15) is 15.2 Å². The maximum atomic E-state index is 10.7. The van der Waals surface area contributed by atoms with Gasteiger partial charge in [0, 0.05) is 12.1 Å². The summed E-state index contributed by atoms with van der Waals surface area (Å²) in [7, 11) is 0. The van der Waals surface area contributed by atoms with Gasteiger partial charge in [0.2, 0.25) is 0 Å². The second kappa shape index (κ2) is 6.09. The highest BCUT2D eigenvalue weighted by atomic mass is 16.6. The van der Waals surface area contributed by atoms with Crippen molar-refractivity contribution in [2.75, 3.05) is 13.2 Å². The number of benzene rings is 1. The van der Waals surface area contributed by atoms with Crippen LogP contribution in [0.5, 0.6) is 0 Å². The van der Waals surface area contributed by atoms with E-state index in [1.165, 1.54) is 24.3 Å². The second-order valence-corrected chi connectivity index (χ2v) is 3.66. The minimum Gasteiger partial charge on any atom is -0.393 e. The fourth-order valence-electron chi connectivity index (χ4n) is 1.55. The Morgan fingerprint density at radius 2 is 2.22 bits per heavy atom. The highest BCUT2D eigenvalue weighted by Gasteiger charge is 2.30. The number of nitro benzene ring substituents is 1. The Balaban J connectivity index is 3.19. The molecule has 1 aromatic carbocycles. The maximum absolute atomic E-state index is 10.7. The number of hydrogen-bond donors (Lipinski definition) is 1. The molecule has 0 heterocycles. The molecule has 0 bridgehead atoms. The van der Waals surface area contributed by atoms with Crippen molar-refractivity contribution in [3.63, 3.8) is 0 Å². The third kappa shape index (κ3) is 2.82. The van der Waals surface area contributed by atoms with Crippen LogP contribution in [0, 0.1) is 10.1 Å². The smallest absolute Gasteiger partial charge is 0.269 e. The molecule has 1 rings (SSSR count). The summed E-state index contributed by atoms with van der Waals surface area (Å²) in [6.45, 7) is 6.99. The molecule has 5 nitrogen and oxygen atoms in total. The van der Waals surface area contributed by atoms with Crippen LogP contribution < -0.4 is 0 Å². The first-order valence-electron chi connectivity index (χ1n) is 5.34. The van der Waals surface area contributed by atoms with E-state index >= 15 is 0 Å². The van der Waals surface area contributed by atoms with Crippen LogP contribution in [0.4, 0.5) is 5.69 Å². The molecule has 1 atom stereocenters. The molecule has 0 radical (unpaired) electrons. The summed E-state index contributed by atoms with van der Waals surface area (Å²) < 4.78 is 5.49. The topological polar surface area (TPSA) is 72.6 Å². The van der Waals surface area contributed by atoms with Crippen LogP contribution in [0.25, 0.3) is 0 Å². The molecule has 0 unspecified atom stereocenters. The lowest BCUT2D eigenvalue weighted by Gasteiger charge is -2.28. The molecular weight excluding hydrogens is 234 g/mol. The van der Waals surface area contributed by atoms with Crippen molar-refractivity contribution in [2.24, 2.45) is 0 Å². The van der Waals surface area contributed by atoms with Crippen molar-refractivity contribution in [3.8, 4) is 0 Å². The Hall–Kier alpha value is -1.98. The van der Waals surface area contributed by atoms with E-state index in [0.29, 0.717) is 5.56 Å². The molecule has 0 aliphatic heterocycles. The van der Waals surface area contributed by atoms with Crippen LogP contribution in [0.2, 0.25) is 0 Å². The number of nitro groups is 1. The van der Waals surface area contributed by atoms with Gasteiger partial charge in [-0.15, -0.1) is 6.58 Å². The summed E-state index contributed by atoms with van der Waals surface area (Å²) in [6.07, 6.45) is 2.96. The van der Waals surface area contributed by atoms with Crippen LogP contribution in [0.15, 0.2) is 49.6 Å². The van der Waals surface area contributed by atoms with Crippen LogP contribution >= 0.6 is 0 Å². The molecule has 1 N–H and O–H groups in total. The van der Waals surface area contributed by atoms with Gasteiger partial charge in [0.15, 0.2) is 0 Å². The van der Waals surface area contributed by atoms with E-state index < -0.39 is 10.5 Å². The first kappa shape index (κ1) is 14.1. The van der Waals surface area contributed by atoms with Gasteiger partial charge in [-0.25, -0.2) is 0 Å². The number of nitrogens with zero attached hydrogens (tertiary/aromatic N) is 1. The van der Waals surface area contributed by atoms with E-state index in [1.807, 2.05) is 0 Å². The van der Waals surface area contributed by atoms with E-state index in [2.05, 4.69) is 13.2 Å². The van der Waals surface area contributed by atoms with Crippen LogP contribution in [-0.2, 0) is 10.3 Å². The number of rotatable bonds is 7. The molecule has 0 saturated heterocycles. The lowest BCUT2D eigenvalue weighted by atomic mass is 9.94. The van der Waals surface area contributed by atoms with Crippen molar-refractivity contribution in [1.82, 2.24) is 0 Å². The summed E-state index contributed by atoms with van der Waals surface area (Å²) in [5, 5.41) is 20.2. The summed E-state index contributed by atoms with van der Waals surface area (Å²) >= 11 is 0. The van der Waals surface area contributed by atoms with Crippen molar-refractivity contribution in [3.05, 3.63) is 65.3 Å². The van der Waals surface area contributed by atoms with Crippen LogP contribution in [0.3, 0.4) is 0 Å². The molecule has 0 aliphatic rings. The number of ether oxygens (including phenoxy) is 1. The quantitative estimate of drug-likeness (QED) is 0.456. The Morgan fingerprint density at radius 3 is 2.72 bits per heavy atom. The number of hydrogen-bond acceptors (Lipinski definition) is 4. The molecule has 0 amide bonds. The third-order valence-corrected chi connectivity index (χ3v) is 2.57. The van der Waals surface area contributed by atoms with Crippen molar-refractivity contribution in [1.29, 1.82) is 0 Å². The predicted molar refractivity (Wildman–Crippen MR) is 68.2 cm³/mol. The largest absolute Gasteiger partial charge is 0.393 e. The maximum Gasteiger partial charge on any atom is 0.269 e. The van der Waals surface area contributed by atoms with Crippen molar-refractivity contribution in [2.45, 2.75) is 5.60 Å². The van der Waals surface area contributed by atoms with Gasteiger partial charge in [-0.3, -0.25) is 10.1 Å². The van der Waals surface area contributed by atoms with E-state index in [1.54, 1.807) is 12.1 Å². The standard InChI is InChI=1S/C13H15NO4/c1-3-8-18-13(4-2,10-15)11-6-5-7-12(9-11)14(16)17/h3-7,9,15H,1-2,8,10H2/t13-/m1/s1. The lowest BCUT2D eigenvalue weighted by molar-refractivity contribution is -0.385. The van der Waals surface area contributed by atoms with E-state index in [0.717, 1.165) is 0 Å². The van der Waals surface area contributed by atoms with E-state index in [-0.39, 0.29) is 18.9 Å². The van der Waals surface area contributed by atoms with Gasteiger partial charge < -0.3 is 9.84 Å². The Bertz CT molecular complexity index is 458. The van der Waals surface area contributed by atoms with Gasteiger partial charge in [0.25, 0.3) is 5.69 Å². The average Bonchev–Trinajstić information content (AvgIpc) is 2.41. The molecule has 18 heavy (non-hydrogen) atoms.